The molecule has 126 valence electrons. The van der Waals surface area contributed by atoms with Crippen molar-refractivity contribution in [2.24, 2.45) is 0 Å². The molecule has 0 atom stereocenters. The molecule has 0 aromatic heterocycles. The maximum atomic E-state index is 12.0. The lowest BCUT2D eigenvalue weighted by molar-refractivity contribution is -0.146. The zero-order valence-corrected chi connectivity index (χ0v) is 13.6. The van der Waals surface area contributed by atoms with E-state index in [9.17, 15) is 14.4 Å². The second kappa shape index (κ2) is 9.24. The van der Waals surface area contributed by atoms with Crippen molar-refractivity contribution in [2.45, 2.75) is 13.3 Å². The van der Waals surface area contributed by atoms with Gasteiger partial charge in [0.15, 0.2) is 0 Å². The molecule has 1 fully saturated rings. The molecule has 1 N–H and O–H groups in total. The molecule has 0 radical (unpaired) electrons. The predicted molar refractivity (Wildman–Crippen MR) is 81.4 cm³/mol. The molecule has 1 saturated heterocycles. The first-order chi connectivity index (χ1) is 10.5. The highest BCUT2D eigenvalue weighted by Crippen LogP contribution is 2.04. The lowest BCUT2D eigenvalue weighted by atomic mass is 10.3. The largest absolute Gasteiger partial charge is 0.450 e. The van der Waals surface area contributed by atoms with Crippen LogP contribution in [0.1, 0.15) is 13.3 Å². The fraction of sp³-hybridized carbons (Fsp3) is 0.786. The Morgan fingerprint density at radius 2 is 1.68 bits per heavy atom. The lowest BCUT2D eigenvalue weighted by Gasteiger charge is -2.33. The van der Waals surface area contributed by atoms with E-state index < -0.39 is 11.8 Å². The van der Waals surface area contributed by atoms with Crippen LogP contribution in [0.2, 0.25) is 0 Å². The van der Waals surface area contributed by atoms with E-state index >= 15 is 0 Å². The van der Waals surface area contributed by atoms with Gasteiger partial charge in [-0.25, -0.2) is 4.79 Å². The molecule has 0 aliphatic carbocycles. The monoisotopic (exact) mass is 314 g/mol. The minimum atomic E-state index is -0.580. The summed E-state index contributed by atoms with van der Waals surface area (Å²) >= 11 is 0. The number of rotatable bonds is 5. The van der Waals surface area contributed by atoms with Gasteiger partial charge >= 0.3 is 17.9 Å². The summed E-state index contributed by atoms with van der Waals surface area (Å²) in [6, 6.07) is 0. The minimum Gasteiger partial charge on any atom is -0.450 e. The van der Waals surface area contributed by atoms with E-state index in [-0.39, 0.29) is 6.09 Å². The zero-order valence-electron chi connectivity index (χ0n) is 13.6. The molecule has 0 saturated carbocycles. The maximum absolute atomic E-state index is 12.0. The topological polar surface area (TPSA) is 82.2 Å². The number of carbonyl (C=O) groups is 3. The summed E-state index contributed by atoms with van der Waals surface area (Å²) in [4.78, 5) is 40.4. The summed E-state index contributed by atoms with van der Waals surface area (Å²) in [5.74, 6) is -1.11. The van der Waals surface area contributed by atoms with Crippen molar-refractivity contribution in [2.75, 3.05) is 60.0 Å². The van der Waals surface area contributed by atoms with Gasteiger partial charge in [-0.15, -0.1) is 0 Å². The third kappa shape index (κ3) is 5.88. The quantitative estimate of drug-likeness (QED) is 0.539. The van der Waals surface area contributed by atoms with E-state index in [1.165, 1.54) is 4.90 Å². The molecular weight excluding hydrogens is 288 g/mol. The standard InChI is InChI=1S/C14H26N4O4/c1-4-22-14(21)18-10-8-17(9-11-18)13(20)12(19)15-6-5-7-16(2)3/h4-11H2,1-3H3,(H,15,19). The highest BCUT2D eigenvalue weighted by molar-refractivity contribution is 6.35. The summed E-state index contributed by atoms with van der Waals surface area (Å²) < 4.78 is 4.91. The molecule has 0 spiro atoms. The molecule has 0 bridgehead atoms. The number of amides is 3. The minimum absolute atomic E-state index is 0.327. The zero-order chi connectivity index (χ0) is 16.5. The van der Waals surface area contributed by atoms with Crippen molar-refractivity contribution in [1.29, 1.82) is 0 Å². The van der Waals surface area contributed by atoms with Crippen LogP contribution in [0.3, 0.4) is 0 Å². The second-order valence-electron chi connectivity index (χ2n) is 5.39. The fourth-order valence-corrected chi connectivity index (χ4v) is 2.12. The van der Waals surface area contributed by atoms with Gasteiger partial charge < -0.3 is 24.8 Å². The van der Waals surface area contributed by atoms with E-state index in [1.807, 2.05) is 19.0 Å². The third-order valence-electron chi connectivity index (χ3n) is 3.35. The van der Waals surface area contributed by atoms with Crippen molar-refractivity contribution in [3.05, 3.63) is 0 Å². The van der Waals surface area contributed by atoms with Gasteiger partial charge in [-0.3, -0.25) is 9.59 Å². The maximum Gasteiger partial charge on any atom is 0.409 e. The molecule has 22 heavy (non-hydrogen) atoms. The van der Waals surface area contributed by atoms with Crippen LogP contribution in [0.25, 0.3) is 0 Å². The van der Waals surface area contributed by atoms with E-state index in [0.29, 0.717) is 39.3 Å². The van der Waals surface area contributed by atoms with Crippen LogP contribution >= 0.6 is 0 Å². The average Bonchev–Trinajstić information content (AvgIpc) is 2.50. The van der Waals surface area contributed by atoms with E-state index in [4.69, 9.17) is 4.74 Å². The molecule has 0 aromatic carbocycles. The molecule has 1 heterocycles. The first-order valence-corrected chi connectivity index (χ1v) is 7.59. The van der Waals surface area contributed by atoms with Gasteiger partial charge in [0.05, 0.1) is 6.61 Å². The summed E-state index contributed by atoms with van der Waals surface area (Å²) in [7, 11) is 3.91. The lowest BCUT2D eigenvalue weighted by Crippen LogP contribution is -2.54. The van der Waals surface area contributed by atoms with Gasteiger partial charge in [0, 0.05) is 32.7 Å². The summed E-state index contributed by atoms with van der Waals surface area (Å²) in [6.45, 7) is 4.88. The third-order valence-corrected chi connectivity index (χ3v) is 3.35. The normalized spacial score (nSPS) is 14.9. The van der Waals surface area contributed by atoms with Crippen LogP contribution in [-0.4, -0.2) is 92.6 Å². The molecule has 1 aliphatic rings. The highest BCUT2D eigenvalue weighted by atomic mass is 16.6. The molecule has 0 aromatic rings. The van der Waals surface area contributed by atoms with Crippen molar-refractivity contribution in [3.8, 4) is 0 Å². The smallest absolute Gasteiger partial charge is 0.409 e. The molecule has 1 rings (SSSR count). The van der Waals surface area contributed by atoms with Crippen LogP contribution in [0.15, 0.2) is 0 Å². The fourth-order valence-electron chi connectivity index (χ4n) is 2.12. The number of hydrogen-bond acceptors (Lipinski definition) is 5. The molecular formula is C14H26N4O4. The number of nitrogens with zero attached hydrogens (tertiary/aromatic N) is 3. The van der Waals surface area contributed by atoms with Gasteiger partial charge in [0.1, 0.15) is 0 Å². The Labute approximate surface area is 131 Å². The number of carbonyl (C=O) groups excluding carboxylic acids is 3. The van der Waals surface area contributed by atoms with Crippen molar-refractivity contribution in [3.63, 3.8) is 0 Å². The molecule has 8 nitrogen and oxygen atoms in total. The van der Waals surface area contributed by atoms with E-state index in [1.54, 1.807) is 11.8 Å². The summed E-state index contributed by atoms with van der Waals surface area (Å²) in [5.41, 5.74) is 0. The number of ether oxygens (including phenoxy) is 1. The van der Waals surface area contributed by atoms with Crippen LogP contribution < -0.4 is 5.32 Å². The Balaban J connectivity index is 2.29. The van der Waals surface area contributed by atoms with Crippen LogP contribution in [-0.2, 0) is 14.3 Å². The van der Waals surface area contributed by atoms with Crippen molar-refractivity contribution in [1.82, 2.24) is 20.0 Å². The van der Waals surface area contributed by atoms with Crippen LogP contribution in [0.5, 0.6) is 0 Å². The van der Waals surface area contributed by atoms with Gasteiger partial charge in [0.25, 0.3) is 0 Å². The first kappa shape index (κ1) is 18.2. The highest BCUT2D eigenvalue weighted by Gasteiger charge is 2.28. The Morgan fingerprint density at radius 1 is 1.09 bits per heavy atom. The molecule has 1 aliphatic heterocycles. The van der Waals surface area contributed by atoms with Gasteiger partial charge in [-0.05, 0) is 34.0 Å². The Bertz CT molecular complexity index is 392. The van der Waals surface area contributed by atoms with Crippen LogP contribution in [0, 0.1) is 0 Å². The predicted octanol–water partition coefficient (Wildman–Crippen LogP) is -0.645. The second-order valence-corrected chi connectivity index (χ2v) is 5.39. The Morgan fingerprint density at radius 3 is 2.23 bits per heavy atom. The number of hydrogen-bond donors (Lipinski definition) is 1. The van der Waals surface area contributed by atoms with Crippen molar-refractivity contribution >= 4 is 17.9 Å². The van der Waals surface area contributed by atoms with E-state index in [2.05, 4.69) is 5.32 Å². The van der Waals surface area contributed by atoms with Gasteiger partial charge in [-0.2, -0.15) is 0 Å². The summed E-state index contributed by atoms with van der Waals surface area (Å²) in [6.07, 6.45) is 0.422. The Hall–Kier alpha value is -1.83. The van der Waals surface area contributed by atoms with E-state index in [0.717, 1.165) is 13.0 Å². The number of piperazine rings is 1. The average molecular weight is 314 g/mol. The SMILES string of the molecule is CCOC(=O)N1CCN(C(=O)C(=O)NCCCN(C)C)CC1. The summed E-state index contributed by atoms with van der Waals surface area (Å²) in [5, 5.41) is 2.63. The number of nitrogens with one attached hydrogen (secondary N) is 1. The molecule has 3 amide bonds. The molecule has 8 heteroatoms. The van der Waals surface area contributed by atoms with Crippen LogP contribution in [0.4, 0.5) is 4.79 Å². The van der Waals surface area contributed by atoms with Gasteiger partial charge in [0.2, 0.25) is 0 Å². The molecule has 0 unspecified atom stereocenters. The first-order valence-electron chi connectivity index (χ1n) is 7.59. The van der Waals surface area contributed by atoms with Crippen molar-refractivity contribution < 1.29 is 19.1 Å². The Kier molecular flexibility index (Phi) is 7.65. The van der Waals surface area contributed by atoms with Gasteiger partial charge in [-0.1, -0.05) is 0 Å².